The lowest BCUT2D eigenvalue weighted by Gasteiger charge is -2.12. The van der Waals surface area contributed by atoms with Crippen LogP contribution < -0.4 is 5.32 Å². The van der Waals surface area contributed by atoms with Crippen LogP contribution in [0.1, 0.15) is 19.5 Å². The van der Waals surface area contributed by atoms with E-state index in [1.807, 2.05) is 17.7 Å². The van der Waals surface area contributed by atoms with Crippen molar-refractivity contribution >= 4 is 11.6 Å². The zero-order valence-corrected chi connectivity index (χ0v) is 11.2. The number of anilines is 2. The van der Waals surface area contributed by atoms with Crippen LogP contribution in [0.2, 0.25) is 0 Å². The lowest BCUT2D eigenvalue weighted by atomic mass is 10.2. The first-order valence-corrected chi connectivity index (χ1v) is 6.22. The molecule has 0 radical (unpaired) electrons. The van der Waals surface area contributed by atoms with Gasteiger partial charge in [-0.1, -0.05) is 19.9 Å². The number of nitrogens with zero attached hydrogens (tertiary/aromatic N) is 2. The lowest BCUT2D eigenvalue weighted by molar-refractivity contribution is 0.510. The van der Waals surface area contributed by atoms with Gasteiger partial charge in [0.05, 0.1) is 11.4 Å². The molecule has 0 bridgehead atoms. The van der Waals surface area contributed by atoms with Crippen molar-refractivity contribution in [2.75, 3.05) is 5.32 Å². The quantitative estimate of drug-likeness (QED) is 0.909. The van der Waals surface area contributed by atoms with Crippen molar-refractivity contribution in [3.05, 3.63) is 41.7 Å². The lowest BCUT2D eigenvalue weighted by Crippen LogP contribution is -2.08. The smallest absolute Gasteiger partial charge is 0.207 e. The molecule has 0 amide bonds. The molecule has 1 aromatic heterocycles. The van der Waals surface area contributed by atoms with Crippen molar-refractivity contribution in [1.82, 2.24) is 9.55 Å². The number of halogens is 2. The first-order valence-electron chi connectivity index (χ1n) is 6.22. The Bertz CT molecular complexity index is 576. The Morgan fingerprint density at radius 2 is 2.05 bits per heavy atom. The van der Waals surface area contributed by atoms with Crippen LogP contribution >= 0.6 is 0 Å². The summed E-state index contributed by atoms with van der Waals surface area (Å²) in [5.74, 6) is -0.801. The molecule has 0 spiro atoms. The van der Waals surface area contributed by atoms with E-state index in [1.165, 1.54) is 12.1 Å². The zero-order chi connectivity index (χ0) is 14.0. The molecule has 1 aromatic carbocycles. The van der Waals surface area contributed by atoms with Gasteiger partial charge in [-0.05, 0) is 25.0 Å². The average molecular weight is 265 g/mol. The van der Waals surface area contributed by atoms with Gasteiger partial charge in [-0.25, -0.2) is 13.8 Å². The number of aryl methyl sites for hydroxylation is 1. The van der Waals surface area contributed by atoms with Crippen LogP contribution in [0.15, 0.2) is 24.4 Å². The van der Waals surface area contributed by atoms with Gasteiger partial charge in [-0.15, -0.1) is 0 Å². The number of imidazole rings is 1. The molecule has 0 aliphatic carbocycles. The summed E-state index contributed by atoms with van der Waals surface area (Å²) in [6.45, 7) is 6.80. The third-order valence-electron chi connectivity index (χ3n) is 2.66. The van der Waals surface area contributed by atoms with E-state index in [0.29, 0.717) is 11.9 Å². The summed E-state index contributed by atoms with van der Waals surface area (Å²) in [6.07, 6.45) is 1.89. The van der Waals surface area contributed by atoms with E-state index in [4.69, 9.17) is 0 Å². The molecule has 0 aliphatic heterocycles. The van der Waals surface area contributed by atoms with Crippen LogP contribution in [0.25, 0.3) is 0 Å². The van der Waals surface area contributed by atoms with Crippen LogP contribution in [0.4, 0.5) is 20.4 Å². The Hall–Kier alpha value is -1.91. The third kappa shape index (κ3) is 3.10. The molecule has 1 N–H and O–H groups in total. The first-order chi connectivity index (χ1) is 8.97. The Morgan fingerprint density at radius 1 is 1.32 bits per heavy atom. The SMILES string of the molecule is Cc1cn(CC(C)C)c(Nc2cccc(F)c2F)n1. The minimum Gasteiger partial charge on any atom is -0.323 e. The van der Waals surface area contributed by atoms with E-state index in [-0.39, 0.29) is 5.69 Å². The fourth-order valence-electron chi connectivity index (χ4n) is 1.90. The normalized spacial score (nSPS) is 11.1. The van der Waals surface area contributed by atoms with Crippen LogP contribution in [0, 0.1) is 24.5 Å². The molecular weight excluding hydrogens is 248 g/mol. The van der Waals surface area contributed by atoms with Gasteiger partial charge in [0, 0.05) is 12.7 Å². The summed E-state index contributed by atoms with van der Waals surface area (Å²) in [5.41, 5.74) is 0.926. The summed E-state index contributed by atoms with van der Waals surface area (Å²) >= 11 is 0. The van der Waals surface area contributed by atoms with Gasteiger partial charge in [0.1, 0.15) is 0 Å². The Morgan fingerprint density at radius 3 is 2.74 bits per heavy atom. The predicted octanol–water partition coefficient (Wildman–Crippen LogP) is 3.87. The van der Waals surface area contributed by atoms with Crippen LogP contribution in [0.5, 0.6) is 0 Å². The second-order valence-electron chi connectivity index (χ2n) is 4.98. The highest BCUT2D eigenvalue weighted by atomic mass is 19.2. The van der Waals surface area contributed by atoms with Crippen molar-refractivity contribution in [3.8, 4) is 0 Å². The van der Waals surface area contributed by atoms with Gasteiger partial charge in [0.15, 0.2) is 11.6 Å². The molecule has 0 saturated carbocycles. The molecule has 2 aromatic rings. The first kappa shape index (κ1) is 13.5. The van der Waals surface area contributed by atoms with Crippen LogP contribution in [-0.4, -0.2) is 9.55 Å². The number of hydrogen-bond donors (Lipinski definition) is 1. The number of nitrogens with one attached hydrogen (secondary N) is 1. The van der Waals surface area contributed by atoms with E-state index in [9.17, 15) is 8.78 Å². The fourth-order valence-corrected chi connectivity index (χ4v) is 1.90. The average Bonchev–Trinajstić information content (AvgIpc) is 2.64. The maximum Gasteiger partial charge on any atom is 0.207 e. The monoisotopic (exact) mass is 265 g/mol. The van der Waals surface area contributed by atoms with E-state index < -0.39 is 11.6 Å². The molecule has 2 rings (SSSR count). The summed E-state index contributed by atoms with van der Waals surface area (Å²) < 4.78 is 28.7. The Labute approximate surface area is 111 Å². The topological polar surface area (TPSA) is 29.9 Å². The standard InChI is InChI=1S/C14H17F2N3/c1-9(2)7-19-8-10(3)17-14(19)18-12-6-4-5-11(15)13(12)16/h4-6,8-9H,7H2,1-3H3,(H,17,18). The molecule has 19 heavy (non-hydrogen) atoms. The Balaban J connectivity index is 2.30. The van der Waals surface area contributed by atoms with E-state index >= 15 is 0 Å². The highest BCUT2D eigenvalue weighted by Gasteiger charge is 2.12. The molecule has 0 unspecified atom stereocenters. The Kier molecular flexibility index (Phi) is 3.83. The summed E-state index contributed by atoms with van der Waals surface area (Å²) in [4.78, 5) is 4.29. The van der Waals surface area contributed by atoms with Crippen LogP contribution in [-0.2, 0) is 6.54 Å². The molecule has 0 saturated heterocycles. The molecule has 0 fully saturated rings. The second-order valence-corrected chi connectivity index (χ2v) is 4.98. The maximum atomic E-state index is 13.6. The minimum absolute atomic E-state index is 0.0932. The van der Waals surface area contributed by atoms with Gasteiger partial charge in [-0.2, -0.15) is 0 Å². The van der Waals surface area contributed by atoms with Crippen molar-refractivity contribution < 1.29 is 8.78 Å². The minimum atomic E-state index is -0.890. The highest BCUT2D eigenvalue weighted by Crippen LogP contribution is 2.22. The van der Waals surface area contributed by atoms with E-state index in [2.05, 4.69) is 24.1 Å². The maximum absolute atomic E-state index is 13.6. The molecule has 0 aliphatic rings. The molecule has 3 nitrogen and oxygen atoms in total. The summed E-state index contributed by atoms with van der Waals surface area (Å²) in [6, 6.07) is 4.04. The molecule has 5 heteroatoms. The van der Waals surface area contributed by atoms with Crippen molar-refractivity contribution in [3.63, 3.8) is 0 Å². The summed E-state index contributed by atoms with van der Waals surface area (Å²) in [5, 5.41) is 2.84. The largest absolute Gasteiger partial charge is 0.323 e. The molecule has 102 valence electrons. The van der Waals surface area contributed by atoms with Crippen molar-refractivity contribution in [2.24, 2.45) is 5.92 Å². The third-order valence-corrected chi connectivity index (χ3v) is 2.66. The fraction of sp³-hybridized carbons (Fsp3) is 0.357. The number of aromatic nitrogens is 2. The number of benzene rings is 1. The van der Waals surface area contributed by atoms with Crippen molar-refractivity contribution in [1.29, 1.82) is 0 Å². The van der Waals surface area contributed by atoms with Crippen LogP contribution in [0.3, 0.4) is 0 Å². The van der Waals surface area contributed by atoms with E-state index in [0.717, 1.165) is 18.3 Å². The number of rotatable bonds is 4. The predicted molar refractivity (Wildman–Crippen MR) is 71.4 cm³/mol. The van der Waals surface area contributed by atoms with Gasteiger partial charge in [-0.3, -0.25) is 0 Å². The molecule has 1 heterocycles. The zero-order valence-electron chi connectivity index (χ0n) is 11.2. The van der Waals surface area contributed by atoms with Gasteiger partial charge in [0.25, 0.3) is 0 Å². The second kappa shape index (κ2) is 5.38. The number of hydrogen-bond acceptors (Lipinski definition) is 2. The summed E-state index contributed by atoms with van der Waals surface area (Å²) in [7, 11) is 0. The van der Waals surface area contributed by atoms with Gasteiger partial charge < -0.3 is 9.88 Å². The van der Waals surface area contributed by atoms with Gasteiger partial charge in [0.2, 0.25) is 5.95 Å². The van der Waals surface area contributed by atoms with Crippen molar-refractivity contribution in [2.45, 2.75) is 27.3 Å². The molecule has 0 atom stereocenters. The van der Waals surface area contributed by atoms with Gasteiger partial charge >= 0.3 is 0 Å². The highest BCUT2D eigenvalue weighted by molar-refractivity contribution is 5.54. The molecular formula is C14H17F2N3. The van der Waals surface area contributed by atoms with E-state index in [1.54, 1.807) is 0 Å².